The molecule has 8 aromatic rings. The van der Waals surface area contributed by atoms with Crippen LogP contribution in [-0.2, 0) is 0 Å². The molecule has 5 aromatic carbocycles. The number of nitrogens with zero attached hydrogens (tertiary/aromatic N) is 5. The average molecular weight is 616 g/mol. The van der Waals surface area contributed by atoms with Gasteiger partial charge in [0.2, 0.25) is 0 Å². The summed E-state index contributed by atoms with van der Waals surface area (Å²) in [4.78, 5) is 23.7. The fraction of sp³-hybridized carbons (Fsp3) is 0. The summed E-state index contributed by atoms with van der Waals surface area (Å²) in [6.07, 6.45) is 5.52. The normalized spacial score (nSPS) is 10.9. The fourth-order valence-corrected chi connectivity index (χ4v) is 5.73. The van der Waals surface area contributed by atoms with Crippen LogP contribution in [0.2, 0.25) is 0 Å². The van der Waals surface area contributed by atoms with Crippen molar-refractivity contribution < 1.29 is 0 Å². The van der Waals surface area contributed by atoms with E-state index in [-0.39, 0.29) is 0 Å². The fourth-order valence-electron chi connectivity index (χ4n) is 5.73. The Morgan fingerprint density at radius 3 is 1.27 bits per heavy atom. The van der Waals surface area contributed by atoms with Crippen molar-refractivity contribution in [1.82, 2.24) is 24.9 Å². The van der Waals surface area contributed by atoms with Crippen molar-refractivity contribution in [2.45, 2.75) is 0 Å². The summed E-state index contributed by atoms with van der Waals surface area (Å²) in [7, 11) is 0. The van der Waals surface area contributed by atoms with Gasteiger partial charge in [-0.05, 0) is 52.1 Å². The Morgan fingerprint density at radius 1 is 0.292 bits per heavy atom. The third kappa shape index (κ3) is 6.13. The third-order valence-corrected chi connectivity index (χ3v) is 8.31. The number of hydrogen-bond donors (Lipinski definition) is 0. The number of rotatable bonds is 7. The van der Waals surface area contributed by atoms with Crippen LogP contribution < -0.4 is 0 Å². The summed E-state index contributed by atoms with van der Waals surface area (Å²) in [5, 5.41) is 0. The van der Waals surface area contributed by atoms with E-state index in [1.54, 1.807) is 6.20 Å². The Labute approximate surface area is 279 Å². The lowest BCUT2D eigenvalue weighted by atomic mass is 9.98. The van der Waals surface area contributed by atoms with Gasteiger partial charge >= 0.3 is 0 Å². The van der Waals surface area contributed by atoms with Gasteiger partial charge < -0.3 is 0 Å². The summed E-state index contributed by atoms with van der Waals surface area (Å²) in [6.45, 7) is 0. The third-order valence-electron chi connectivity index (χ3n) is 8.31. The van der Waals surface area contributed by atoms with Crippen LogP contribution in [0.15, 0.2) is 176 Å². The maximum Gasteiger partial charge on any atom is 0.164 e. The second kappa shape index (κ2) is 13.0. The van der Waals surface area contributed by atoms with Gasteiger partial charge in [0.1, 0.15) is 0 Å². The lowest BCUT2D eigenvalue weighted by Gasteiger charge is -2.10. The van der Waals surface area contributed by atoms with Crippen molar-refractivity contribution in [2.75, 3.05) is 0 Å². The molecule has 5 heteroatoms. The molecule has 0 atom stereocenters. The second-order valence-electron chi connectivity index (χ2n) is 11.4. The summed E-state index contributed by atoms with van der Waals surface area (Å²) in [6, 6.07) is 53.8. The molecule has 3 aromatic heterocycles. The Bertz CT molecular complexity index is 2290. The summed E-state index contributed by atoms with van der Waals surface area (Å²) in [5.74, 6) is 1.91. The monoisotopic (exact) mass is 615 g/mol. The van der Waals surface area contributed by atoms with Crippen molar-refractivity contribution in [2.24, 2.45) is 0 Å². The van der Waals surface area contributed by atoms with Crippen LogP contribution in [0.5, 0.6) is 0 Å². The van der Waals surface area contributed by atoms with Gasteiger partial charge in [0, 0.05) is 46.4 Å². The predicted octanol–water partition coefficient (Wildman–Crippen LogP) is 10.3. The minimum Gasteiger partial charge on any atom is -0.264 e. The first-order valence-electron chi connectivity index (χ1n) is 15.8. The van der Waals surface area contributed by atoms with Crippen LogP contribution in [0.1, 0.15) is 0 Å². The summed E-state index contributed by atoms with van der Waals surface area (Å²) < 4.78 is 0. The summed E-state index contributed by atoms with van der Waals surface area (Å²) >= 11 is 0. The Kier molecular flexibility index (Phi) is 7.83. The van der Waals surface area contributed by atoms with Gasteiger partial charge in [0.15, 0.2) is 17.5 Å². The van der Waals surface area contributed by atoms with Crippen LogP contribution in [0.25, 0.3) is 78.8 Å². The zero-order chi connectivity index (χ0) is 32.1. The highest BCUT2D eigenvalue weighted by atomic mass is 15.0. The molecule has 3 heterocycles. The maximum absolute atomic E-state index is 4.95. The quantitative estimate of drug-likeness (QED) is 0.178. The molecule has 0 fully saturated rings. The lowest BCUT2D eigenvalue weighted by Crippen LogP contribution is -2.00. The Balaban J connectivity index is 1.10. The number of pyridine rings is 2. The number of aromatic nitrogens is 5. The molecule has 0 bridgehead atoms. The molecule has 0 N–H and O–H groups in total. The zero-order valence-corrected chi connectivity index (χ0v) is 26.0. The largest absolute Gasteiger partial charge is 0.264 e. The molecule has 0 amide bonds. The molecule has 0 aliphatic carbocycles. The van der Waals surface area contributed by atoms with Crippen molar-refractivity contribution in [3.63, 3.8) is 0 Å². The molecular weight excluding hydrogens is 587 g/mol. The molecule has 48 heavy (non-hydrogen) atoms. The molecule has 0 unspecified atom stereocenters. The number of benzene rings is 5. The topological polar surface area (TPSA) is 64.5 Å². The standard InChI is InChI=1S/C43H29N5/c1-3-9-30(10-4-1)31-16-20-34(21-17-31)42-46-41(33-11-5-2-6-12-33)47-43(48-42)35-22-18-32(19-23-35)36-13-7-14-37(27-36)38-24-25-40(45-29-38)39-15-8-26-44-28-39/h1-29H. The average Bonchev–Trinajstić information content (AvgIpc) is 3.19. The maximum atomic E-state index is 4.95. The van der Waals surface area contributed by atoms with Gasteiger partial charge in [-0.3, -0.25) is 9.97 Å². The highest BCUT2D eigenvalue weighted by Gasteiger charge is 2.13. The smallest absolute Gasteiger partial charge is 0.164 e. The van der Waals surface area contributed by atoms with E-state index in [2.05, 4.69) is 113 Å². The van der Waals surface area contributed by atoms with Crippen LogP contribution in [0.4, 0.5) is 0 Å². The first-order valence-corrected chi connectivity index (χ1v) is 15.8. The van der Waals surface area contributed by atoms with Gasteiger partial charge in [-0.2, -0.15) is 0 Å². The van der Waals surface area contributed by atoms with Crippen LogP contribution in [0, 0.1) is 0 Å². The highest BCUT2D eigenvalue weighted by Crippen LogP contribution is 2.31. The van der Waals surface area contributed by atoms with Gasteiger partial charge in [-0.15, -0.1) is 0 Å². The minimum atomic E-state index is 0.631. The molecule has 8 rings (SSSR count). The predicted molar refractivity (Wildman–Crippen MR) is 193 cm³/mol. The molecular formula is C43H29N5. The molecule has 0 saturated carbocycles. The molecule has 0 aliphatic rings. The van der Waals surface area contributed by atoms with Gasteiger partial charge in [-0.1, -0.05) is 133 Å². The van der Waals surface area contributed by atoms with E-state index in [1.807, 2.05) is 67.0 Å². The van der Waals surface area contributed by atoms with E-state index in [0.29, 0.717) is 17.5 Å². The molecule has 0 spiro atoms. The second-order valence-corrected chi connectivity index (χ2v) is 11.4. The van der Waals surface area contributed by atoms with E-state index in [1.165, 1.54) is 5.56 Å². The molecule has 226 valence electrons. The first-order chi connectivity index (χ1) is 23.8. The Hall–Kier alpha value is -6.59. The van der Waals surface area contributed by atoms with E-state index >= 15 is 0 Å². The van der Waals surface area contributed by atoms with Gasteiger partial charge in [-0.25, -0.2) is 15.0 Å². The zero-order valence-electron chi connectivity index (χ0n) is 26.0. The molecule has 0 aliphatic heterocycles. The summed E-state index contributed by atoms with van der Waals surface area (Å²) in [5.41, 5.74) is 11.4. The van der Waals surface area contributed by atoms with E-state index in [9.17, 15) is 0 Å². The SMILES string of the molecule is c1ccc(-c2ccc(-c3nc(-c4ccccc4)nc(-c4ccc(-c5cccc(-c6ccc(-c7cccnc7)nc6)c5)cc4)n3)cc2)cc1. The molecule has 0 radical (unpaired) electrons. The van der Waals surface area contributed by atoms with Crippen LogP contribution in [-0.4, -0.2) is 24.9 Å². The molecule has 0 saturated heterocycles. The van der Waals surface area contributed by atoms with E-state index in [4.69, 9.17) is 15.0 Å². The van der Waals surface area contributed by atoms with Crippen molar-refractivity contribution in [1.29, 1.82) is 0 Å². The molecule has 5 nitrogen and oxygen atoms in total. The number of hydrogen-bond acceptors (Lipinski definition) is 5. The minimum absolute atomic E-state index is 0.631. The van der Waals surface area contributed by atoms with Gasteiger partial charge in [0.05, 0.1) is 5.69 Å². The lowest BCUT2D eigenvalue weighted by molar-refractivity contribution is 1.07. The highest BCUT2D eigenvalue weighted by molar-refractivity contribution is 5.76. The van der Waals surface area contributed by atoms with Crippen LogP contribution >= 0.6 is 0 Å². The van der Waals surface area contributed by atoms with Crippen molar-refractivity contribution in [3.8, 4) is 78.8 Å². The van der Waals surface area contributed by atoms with Crippen LogP contribution in [0.3, 0.4) is 0 Å². The first kappa shape index (κ1) is 28.9. The van der Waals surface area contributed by atoms with E-state index in [0.717, 1.165) is 55.8 Å². The Morgan fingerprint density at radius 2 is 0.729 bits per heavy atom. The van der Waals surface area contributed by atoms with Gasteiger partial charge in [0.25, 0.3) is 0 Å². The van der Waals surface area contributed by atoms with Crippen molar-refractivity contribution in [3.05, 3.63) is 176 Å². The van der Waals surface area contributed by atoms with E-state index < -0.39 is 0 Å². The van der Waals surface area contributed by atoms with Crippen molar-refractivity contribution >= 4 is 0 Å².